The molecule has 0 aromatic carbocycles. The smallest absolute Gasteiger partial charge is 0.0697 e. The summed E-state index contributed by atoms with van der Waals surface area (Å²) in [5, 5.41) is 7.58. The van der Waals surface area contributed by atoms with Crippen molar-refractivity contribution in [2.24, 2.45) is 0 Å². The van der Waals surface area contributed by atoms with Crippen LogP contribution >= 0.6 is 0 Å². The summed E-state index contributed by atoms with van der Waals surface area (Å²) in [4.78, 5) is 4.29. The molecule has 4 heteroatoms. The van der Waals surface area contributed by atoms with E-state index in [9.17, 15) is 0 Å². The van der Waals surface area contributed by atoms with E-state index in [1.54, 1.807) is 0 Å². The summed E-state index contributed by atoms with van der Waals surface area (Å²) in [7, 11) is 0. The van der Waals surface area contributed by atoms with Gasteiger partial charge >= 0.3 is 0 Å². The minimum Gasteiger partial charge on any atom is -0.313 e. The van der Waals surface area contributed by atoms with E-state index < -0.39 is 0 Å². The molecule has 0 aliphatic heterocycles. The lowest BCUT2D eigenvalue weighted by Gasteiger charge is -2.07. The fourth-order valence-electron chi connectivity index (χ4n) is 1.82. The summed E-state index contributed by atoms with van der Waals surface area (Å²) in [6, 6.07) is 4.19. The van der Waals surface area contributed by atoms with Gasteiger partial charge in [0.1, 0.15) is 0 Å². The van der Waals surface area contributed by atoms with Gasteiger partial charge in [-0.2, -0.15) is 5.10 Å². The molecule has 2 rings (SSSR count). The van der Waals surface area contributed by atoms with Gasteiger partial charge in [0, 0.05) is 37.2 Å². The summed E-state index contributed by atoms with van der Waals surface area (Å²) in [5.41, 5.74) is 3.45. The van der Waals surface area contributed by atoms with Crippen LogP contribution < -0.4 is 5.32 Å². The first kappa shape index (κ1) is 11.8. The number of nitrogens with one attached hydrogen (secondary N) is 1. The van der Waals surface area contributed by atoms with E-state index in [2.05, 4.69) is 35.3 Å². The lowest BCUT2D eigenvalue weighted by Crippen LogP contribution is -2.12. The zero-order valence-electron chi connectivity index (χ0n) is 10.3. The number of pyridine rings is 1. The first-order valence-corrected chi connectivity index (χ1v) is 6.02. The molecule has 0 aliphatic carbocycles. The third-order valence-electron chi connectivity index (χ3n) is 2.69. The van der Waals surface area contributed by atoms with Gasteiger partial charge in [0.25, 0.3) is 0 Å². The minimum absolute atomic E-state index is 0.859. The molecule has 0 saturated carbocycles. The largest absolute Gasteiger partial charge is 0.313 e. The van der Waals surface area contributed by atoms with Crippen LogP contribution in [0.2, 0.25) is 0 Å². The first-order chi connectivity index (χ1) is 8.35. The number of aryl methyl sites for hydroxylation is 1. The first-order valence-electron chi connectivity index (χ1n) is 6.02. The zero-order chi connectivity index (χ0) is 12.1. The molecule has 2 aromatic heterocycles. The Balaban J connectivity index is 2.26. The highest BCUT2D eigenvalue weighted by molar-refractivity contribution is 5.58. The molecular weight excluding hydrogens is 212 g/mol. The van der Waals surface area contributed by atoms with Crippen LogP contribution in [-0.2, 0) is 13.1 Å². The highest BCUT2D eigenvalue weighted by atomic mass is 15.3. The number of hydrogen-bond acceptors (Lipinski definition) is 3. The average Bonchev–Trinajstić information content (AvgIpc) is 2.85. The summed E-state index contributed by atoms with van der Waals surface area (Å²) in [6.45, 7) is 6.89. The van der Waals surface area contributed by atoms with Crippen LogP contribution in [0.4, 0.5) is 0 Å². The Bertz CT molecular complexity index is 476. The quantitative estimate of drug-likeness (QED) is 0.855. The minimum atomic E-state index is 0.859. The van der Waals surface area contributed by atoms with Crippen LogP contribution in [-0.4, -0.2) is 21.3 Å². The third-order valence-corrected chi connectivity index (χ3v) is 2.69. The van der Waals surface area contributed by atoms with E-state index in [0.29, 0.717) is 0 Å². The molecule has 17 heavy (non-hydrogen) atoms. The van der Waals surface area contributed by atoms with E-state index in [-0.39, 0.29) is 0 Å². The zero-order valence-corrected chi connectivity index (χ0v) is 10.3. The standard InChI is InChI=1S/C13H18N4/c1-3-14-8-11-7-12(10-15-9-11)13-5-6-16-17(13)4-2/h5-7,9-10,14H,3-4,8H2,1-2H3. The van der Waals surface area contributed by atoms with Crippen molar-refractivity contribution in [2.45, 2.75) is 26.9 Å². The Hall–Kier alpha value is -1.68. The third kappa shape index (κ3) is 2.71. The topological polar surface area (TPSA) is 42.7 Å². The van der Waals surface area contributed by atoms with Crippen molar-refractivity contribution < 1.29 is 0 Å². The van der Waals surface area contributed by atoms with Gasteiger partial charge in [0.15, 0.2) is 0 Å². The molecule has 90 valence electrons. The van der Waals surface area contributed by atoms with Crippen molar-refractivity contribution in [1.29, 1.82) is 0 Å². The predicted octanol–water partition coefficient (Wildman–Crippen LogP) is 2.07. The summed E-state index contributed by atoms with van der Waals surface area (Å²) >= 11 is 0. The number of nitrogens with zero attached hydrogens (tertiary/aromatic N) is 3. The van der Waals surface area contributed by atoms with Crippen LogP contribution in [0.3, 0.4) is 0 Å². The Morgan fingerprint density at radius 1 is 1.29 bits per heavy atom. The molecule has 1 N–H and O–H groups in total. The van der Waals surface area contributed by atoms with Gasteiger partial charge < -0.3 is 5.32 Å². The highest BCUT2D eigenvalue weighted by Crippen LogP contribution is 2.18. The summed E-state index contributed by atoms with van der Waals surface area (Å²) in [6.07, 6.45) is 5.62. The van der Waals surface area contributed by atoms with E-state index >= 15 is 0 Å². The molecule has 0 aliphatic rings. The lowest BCUT2D eigenvalue weighted by molar-refractivity contribution is 0.666. The highest BCUT2D eigenvalue weighted by Gasteiger charge is 2.05. The Labute approximate surface area is 102 Å². The van der Waals surface area contributed by atoms with Crippen LogP contribution in [0.25, 0.3) is 11.3 Å². The number of hydrogen-bond donors (Lipinski definition) is 1. The van der Waals surface area contributed by atoms with Gasteiger partial charge in [0.05, 0.1) is 5.69 Å². The van der Waals surface area contributed by atoms with Crippen LogP contribution in [0.5, 0.6) is 0 Å². The maximum absolute atomic E-state index is 4.29. The average molecular weight is 230 g/mol. The maximum Gasteiger partial charge on any atom is 0.0697 e. The second kappa shape index (κ2) is 5.59. The molecule has 0 unspecified atom stereocenters. The van der Waals surface area contributed by atoms with Crippen molar-refractivity contribution in [2.75, 3.05) is 6.54 Å². The van der Waals surface area contributed by atoms with E-state index in [0.717, 1.165) is 30.9 Å². The van der Waals surface area contributed by atoms with Gasteiger partial charge in [-0.15, -0.1) is 0 Å². The Morgan fingerprint density at radius 3 is 2.94 bits per heavy atom. The van der Waals surface area contributed by atoms with E-state index in [1.807, 2.05) is 29.3 Å². The van der Waals surface area contributed by atoms with Crippen molar-refractivity contribution in [3.63, 3.8) is 0 Å². The van der Waals surface area contributed by atoms with Gasteiger partial charge in [-0.05, 0) is 31.2 Å². The SMILES string of the molecule is CCNCc1cncc(-c2ccnn2CC)c1. The van der Waals surface area contributed by atoms with Crippen molar-refractivity contribution in [3.05, 3.63) is 36.3 Å². The molecule has 0 fully saturated rings. The summed E-state index contributed by atoms with van der Waals surface area (Å²) in [5.74, 6) is 0. The second-order valence-corrected chi connectivity index (χ2v) is 3.89. The van der Waals surface area contributed by atoms with Crippen molar-refractivity contribution >= 4 is 0 Å². The lowest BCUT2D eigenvalue weighted by atomic mass is 10.1. The normalized spacial score (nSPS) is 10.7. The maximum atomic E-state index is 4.29. The van der Waals surface area contributed by atoms with Gasteiger partial charge in [0.2, 0.25) is 0 Å². The van der Waals surface area contributed by atoms with Gasteiger partial charge in [-0.3, -0.25) is 9.67 Å². The second-order valence-electron chi connectivity index (χ2n) is 3.89. The fourth-order valence-corrected chi connectivity index (χ4v) is 1.82. The number of aromatic nitrogens is 3. The molecule has 0 atom stereocenters. The van der Waals surface area contributed by atoms with Crippen LogP contribution in [0, 0.1) is 0 Å². The molecule has 0 spiro atoms. The molecule has 4 nitrogen and oxygen atoms in total. The van der Waals surface area contributed by atoms with Gasteiger partial charge in [-0.1, -0.05) is 6.92 Å². The van der Waals surface area contributed by atoms with E-state index in [1.165, 1.54) is 5.56 Å². The Kier molecular flexibility index (Phi) is 3.88. The molecule has 0 radical (unpaired) electrons. The monoisotopic (exact) mass is 230 g/mol. The van der Waals surface area contributed by atoms with Crippen LogP contribution in [0.1, 0.15) is 19.4 Å². The Morgan fingerprint density at radius 2 is 2.18 bits per heavy atom. The molecular formula is C13H18N4. The van der Waals surface area contributed by atoms with Crippen LogP contribution in [0.15, 0.2) is 30.7 Å². The fraction of sp³-hybridized carbons (Fsp3) is 0.385. The molecule has 2 heterocycles. The molecule has 0 bridgehead atoms. The number of rotatable bonds is 5. The van der Waals surface area contributed by atoms with Crippen molar-refractivity contribution in [3.8, 4) is 11.3 Å². The molecule has 0 saturated heterocycles. The van der Waals surface area contributed by atoms with Gasteiger partial charge in [-0.25, -0.2) is 0 Å². The predicted molar refractivity (Wildman–Crippen MR) is 68.5 cm³/mol. The molecule has 2 aromatic rings. The molecule has 0 amide bonds. The van der Waals surface area contributed by atoms with Crippen molar-refractivity contribution in [1.82, 2.24) is 20.1 Å². The van der Waals surface area contributed by atoms with E-state index in [4.69, 9.17) is 0 Å². The summed E-state index contributed by atoms with van der Waals surface area (Å²) < 4.78 is 1.98.